The maximum absolute atomic E-state index is 9.09. The largest absolute Gasteiger partial charge is 0.395 e. The van der Waals surface area contributed by atoms with Crippen molar-refractivity contribution in [1.82, 2.24) is 4.90 Å². The summed E-state index contributed by atoms with van der Waals surface area (Å²) in [5, 5.41) is 12.5. The molecule has 1 aromatic carbocycles. The van der Waals surface area contributed by atoms with Gasteiger partial charge in [-0.3, -0.25) is 4.90 Å². The predicted molar refractivity (Wildman–Crippen MR) is 75.8 cm³/mol. The van der Waals surface area contributed by atoms with E-state index in [2.05, 4.69) is 35.0 Å². The second kappa shape index (κ2) is 6.57. The van der Waals surface area contributed by atoms with E-state index in [0.717, 1.165) is 26.1 Å². The van der Waals surface area contributed by atoms with E-state index < -0.39 is 0 Å². The van der Waals surface area contributed by atoms with E-state index in [-0.39, 0.29) is 6.61 Å². The maximum Gasteiger partial charge on any atom is 0.0558 e. The number of rotatable bonds is 6. The minimum Gasteiger partial charge on any atom is -0.395 e. The number of aliphatic hydroxyl groups is 1. The second-order valence-electron chi connectivity index (χ2n) is 4.72. The van der Waals surface area contributed by atoms with E-state index >= 15 is 0 Å². The Morgan fingerprint density at radius 2 is 2.33 bits per heavy atom. The lowest BCUT2D eigenvalue weighted by Crippen LogP contribution is -2.27. The molecule has 1 aliphatic heterocycles. The highest BCUT2D eigenvalue weighted by Gasteiger charge is 2.14. The Morgan fingerprint density at radius 1 is 1.44 bits per heavy atom. The zero-order valence-electron chi connectivity index (χ0n) is 10.9. The fourth-order valence-electron chi connectivity index (χ4n) is 2.53. The molecular weight excluding hydrogens is 224 g/mol. The van der Waals surface area contributed by atoms with Gasteiger partial charge in [-0.15, -0.1) is 6.58 Å². The van der Waals surface area contributed by atoms with Crippen molar-refractivity contribution in [2.24, 2.45) is 0 Å². The van der Waals surface area contributed by atoms with E-state index in [1.54, 1.807) is 0 Å². The van der Waals surface area contributed by atoms with Crippen molar-refractivity contribution in [3.05, 3.63) is 42.0 Å². The molecule has 0 radical (unpaired) electrons. The molecule has 0 amide bonds. The summed E-state index contributed by atoms with van der Waals surface area (Å²) in [7, 11) is 0. The number of fused-ring (bicyclic) bond motifs is 1. The van der Waals surface area contributed by atoms with Crippen molar-refractivity contribution in [2.75, 3.05) is 31.6 Å². The zero-order valence-corrected chi connectivity index (χ0v) is 10.9. The first-order chi connectivity index (χ1) is 8.85. The van der Waals surface area contributed by atoms with Crippen LogP contribution in [0.25, 0.3) is 0 Å². The summed E-state index contributed by atoms with van der Waals surface area (Å²) in [5.74, 6) is 0. The van der Waals surface area contributed by atoms with E-state index in [0.29, 0.717) is 6.54 Å². The molecule has 1 heterocycles. The Labute approximate surface area is 109 Å². The number of benzene rings is 1. The average molecular weight is 246 g/mol. The number of hydrogen-bond donors (Lipinski definition) is 2. The molecule has 1 aromatic rings. The van der Waals surface area contributed by atoms with Crippen LogP contribution in [0.2, 0.25) is 0 Å². The average Bonchev–Trinajstić information content (AvgIpc) is 2.40. The van der Waals surface area contributed by atoms with Gasteiger partial charge in [-0.2, -0.15) is 0 Å². The molecule has 2 N–H and O–H groups in total. The van der Waals surface area contributed by atoms with Crippen LogP contribution in [-0.2, 0) is 13.0 Å². The fourth-order valence-corrected chi connectivity index (χ4v) is 2.53. The van der Waals surface area contributed by atoms with Crippen LogP contribution in [0.15, 0.2) is 30.9 Å². The molecule has 0 fully saturated rings. The smallest absolute Gasteiger partial charge is 0.0558 e. The summed E-state index contributed by atoms with van der Waals surface area (Å²) in [6, 6.07) is 6.46. The van der Waals surface area contributed by atoms with Gasteiger partial charge in [-0.05, 0) is 30.0 Å². The molecule has 0 spiro atoms. The van der Waals surface area contributed by atoms with E-state index in [9.17, 15) is 0 Å². The molecular formula is C15H22N2O. The molecule has 3 nitrogen and oxygen atoms in total. The first-order valence-electron chi connectivity index (χ1n) is 6.64. The Hall–Kier alpha value is -1.32. The van der Waals surface area contributed by atoms with Crippen LogP contribution in [0.5, 0.6) is 0 Å². The molecule has 0 aromatic heterocycles. The van der Waals surface area contributed by atoms with Crippen molar-refractivity contribution >= 4 is 5.69 Å². The summed E-state index contributed by atoms with van der Waals surface area (Å²) in [6.45, 7) is 7.45. The predicted octanol–water partition coefficient (Wildman–Crippen LogP) is 2.02. The Morgan fingerprint density at radius 3 is 3.11 bits per heavy atom. The molecule has 98 valence electrons. The van der Waals surface area contributed by atoms with Crippen molar-refractivity contribution in [3.63, 3.8) is 0 Å². The molecule has 0 unspecified atom stereocenters. The summed E-state index contributed by atoms with van der Waals surface area (Å²) in [6.07, 6.45) is 4.24. The highest BCUT2D eigenvalue weighted by atomic mass is 16.3. The molecule has 1 aliphatic rings. The van der Waals surface area contributed by atoms with Gasteiger partial charge in [0.25, 0.3) is 0 Å². The number of nitrogens with one attached hydrogen (secondary N) is 1. The quantitative estimate of drug-likeness (QED) is 0.754. The number of nitrogens with zero attached hydrogens (tertiary/aromatic N) is 1. The van der Waals surface area contributed by atoms with Crippen LogP contribution in [0.4, 0.5) is 5.69 Å². The SMILES string of the molecule is C=CCN(CCO)Cc1cccc2c1CCCN2. The standard InChI is InChI=1S/C15H22N2O/c1-2-9-17(10-11-18)12-13-5-3-7-15-14(13)6-4-8-16-15/h2-3,5,7,16,18H,1,4,6,8-12H2. The minimum absolute atomic E-state index is 0.196. The van der Waals surface area contributed by atoms with Gasteiger partial charge in [0.1, 0.15) is 0 Å². The summed E-state index contributed by atoms with van der Waals surface area (Å²) in [5.41, 5.74) is 4.09. The monoisotopic (exact) mass is 246 g/mol. The fraction of sp³-hybridized carbons (Fsp3) is 0.467. The molecule has 3 heteroatoms. The van der Waals surface area contributed by atoms with Gasteiger partial charge in [0.15, 0.2) is 0 Å². The first kappa shape index (κ1) is 13.1. The Kier molecular flexibility index (Phi) is 4.79. The normalized spacial score (nSPS) is 14.1. The van der Waals surface area contributed by atoms with Gasteiger partial charge < -0.3 is 10.4 Å². The van der Waals surface area contributed by atoms with Crippen LogP contribution < -0.4 is 5.32 Å². The number of hydrogen-bond acceptors (Lipinski definition) is 3. The molecule has 18 heavy (non-hydrogen) atoms. The van der Waals surface area contributed by atoms with Crippen LogP contribution in [-0.4, -0.2) is 36.2 Å². The third-order valence-electron chi connectivity index (χ3n) is 3.39. The van der Waals surface area contributed by atoms with Crippen LogP contribution >= 0.6 is 0 Å². The summed E-state index contributed by atoms with van der Waals surface area (Å²) in [4.78, 5) is 2.22. The lowest BCUT2D eigenvalue weighted by Gasteiger charge is -2.25. The molecule has 0 bridgehead atoms. The van der Waals surface area contributed by atoms with Gasteiger partial charge >= 0.3 is 0 Å². The van der Waals surface area contributed by atoms with Crippen molar-refractivity contribution in [1.29, 1.82) is 0 Å². The molecule has 0 aliphatic carbocycles. The highest BCUT2D eigenvalue weighted by molar-refractivity contribution is 5.56. The van der Waals surface area contributed by atoms with E-state index in [4.69, 9.17) is 5.11 Å². The molecule has 0 atom stereocenters. The van der Waals surface area contributed by atoms with Gasteiger partial charge in [0.05, 0.1) is 6.61 Å². The number of anilines is 1. The molecule has 2 rings (SSSR count). The molecule has 0 saturated carbocycles. The third kappa shape index (κ3) is 3.12. The van der Waals surface area contributed by atoms with Crippen molar-refractivity contribution in [3.8, 4) is 0 Å². The lowest BCUT2D eigenvalue weighted by atomic mass is 9.97. The van der Waals surface area contributed by atoms with E-state index in [1.165, 1.54) is 23.2 Å². The van der Waals surface area contributed by atoms with Gasteiger partial charge in [0.2, 0.25) is 0 Å². The zero-order chi connectivity index (χ0) is 12.8. The van der Waals surface area contributed by atoms with Gasteiger partial charge in [-0.25, -0.2) is 0 Å². The van der Waals surface area contributed by atoms with Gasteiger partial charge in [0, 0.05) is 31.9 Å². The Balaban J connectivity index is 2.14. The summed E-state index contributed by atoms with van der Waals surface area (Å²) >= 11 is 0. The highest BCUT2D eigenvalue weighted by Crippen LogP contribution is 2.26. The van der Waals surface area contributed by atoms with Crippen LogP contribution in [0.3, 0.4) is 0 Å². The van der Waals surface area contributed by atoms with E-state index in [1.807, 2.05) is 6.08 Å². The first-order valence-corrected chi connectivity index (χ1v) is 6.64. The minimum atomic E-state index is 0.196. The van der Waals surface area contributed by atoms with Crippen LogP contribution in [0.1, 0.15) is 17.5 Å². The summed E-state index contributed by atoms with van der Waals surface area (Å²) < 4.78 is 0. The van der Waals surface area contributed by atoms with Crippen LogP contribution in [0, 0.1) is 0 Å². The lowest BCUT2D eigenvalue weighted by molar-refractivity contribution is 0.203. The van der Waals surface area contributed by atoms with Crippen molar-refractivity contribution < 1.29 is 5.11 Å². The Bertz CT molecular complexity index is 403. The number of aliphatic hydroxyl groups excluding tert-OH is 1. The van der Waals surface area contributed by atoms with Crippen molar-refractivity contribution in [2.45, 2.75) is 19.4 Å². The van der Waals surface area contributed by atoms with Gasteiger partial charge in [-0.1, -0.05) is 18.2 Å². The topological polar surface area (TPSA) is 35.5 Å². The molecule has 0 saturated heterocycles. The second-order valence-corrected chi connectivity index (χ2v) is 4.72. The maximum atomic E-state index is 9.09. The third-order valence-corrected chi connectivity index (χ3v) is 3.39.